The van der Waals surface area contributed by atoms with E-state index in [1.165, 1.54) is 12.5 Å². The van der Waals surface area contributed by atoms with Gasteiger partial charge in [0, 0.05) is 30.1 Å². The third-order valence-electron chi connectivity index (χ3n) is 10.1. The van der Waals surface area contributed by atoms with Crippen LogP contribution in [0.15, 0.2) is 23.8 Å². The van der Waals surface area contributed by atoms with Gasteiger partial charge in [-0.1, -0.05) is 51.0 Å². The molecule has 4 aliphatic carbocycles. The number of hydrogen-bond acceptors (Lipinski definition) is 6. The SMILES string of the molecule is CCCCC(=O)O[C@]12CC[C@H]3[C@@H]4CCC5=CC(C=C[C@]5(C)[C@H]4[C@@H](O)C[C@@]31C)OC2COC(C)=O. The largest absolute Gasteiger partial charge is 0.463 e. The number of unbranched alkanes of at least 4 members (excludes halogenated alkanes) is 1. The summed E-state index contributed by atoms with van der Waals surface area (Å²) in [6.07, 6.45) is 11.4. The van der Waals surface area contributed by atoms with Crippen molar-refractivity contribution in [3.63, 3.8) is 0 Å². The first-order valence-electron chi connectivity index (χ1n) is 13.2. The molecule has 0 amide bonds. The van der Waals surface area contributed by atoms with E-state index in [-0.39, 0.29) is 36.0 Å². The molecule has 5 heterocycles. The Kier molecular flexibility index (Phi) is 6.00. The number of aliphatic hydroxyl groups is 1. The van der Waals surface area contributed by atoms with E-state index in [1.807, 2.05) is 0 Å². The summed E-state index contributed by atoms with van der Waals surface area (Å²) in [6.45, 7) is 7.96. The van der Waals surface area contributed by atoms with Gasteiger partial charge in [0.2, 0.25) is 0 Å². The predicted octanol–water partition coefficient (Wildman–Crippen LogP) is 4.50. The van der Waals surface area contributed by atoms with E-state index in [4.69, 9.17) is 14.2 Å². The van der Waals surface area contributed by atoms with Gasteiger partial charge in [0.1, 0.15) is 18.3 Å². The third-order valence-corrected chi connectivity index (χ3v) is 10.1. The van der Waals surface area contributed by atoms with Gasteiger partial charge in [-0.15, -0.1) is 0 Å². The van der Waals surface area contributed by atoms with Gasteiger partial charge in [0.15, 0.2) is 0 Å². The Morgan fingerprint density at radius 3 is 2.79 bits per heavy atom. The van der Waals surface area contributed by atoms with Gasteiger partial charge in [0.25, 0.3) is 0 Å². The van der Waals surface area contributed by atoms with Gasteiger partial charge >= 0.3 is 11.9 Å². The van der Waals surface area contributed by atoms with E-state index < -0.39 is 23.2 Å². The molecule has 34 heavy (non-hydrogen) atoms. The Hall–Kier alpha value is -1.66. The van der Waals surface area contributed by atoms with Crippen LogP contribution in [0, 0.1) is 28.6 Å². The number of fused-ring (bicyclic) bond motifs is 1. The number of allylic oxidation sites excluding steroid dienone is 2. The number of ether oxygens (including phenoxy) is 3. The van der Waals surface area contributed by atoms with Crippen LogP contribution in [0.3, 0.4) is 0 Å². The number of aliphatic hydroxyl groups excluding tert-OH is 1. The molecule has 0 aromatic rings. The molecule has 9 atom stereocenters. The fourth-order valence-electron chi connectivity index (χ4n) is 8.54. The van der Waals surface area contributed by atoms with Gasteiger partial charge < -0.3 is 19.3 Å². The maximum atomic E-state index is 13.2. The van der Waals surface area contributed by atoms with Gasteiger partial charge in [-0.2, -0.15) is 0 Å². The molecule has 188 valence electrons. The van der Waals surface area contributed by atoms with Crippen molar-refractivity contribution in [3.05, 3.63) is 23.8 Å². The molecule has 8 bridgehead atoms. The Bertz CT molecular complexity index is 909. The molecule has 2 unspecified atom stereocenters. The smallest absolute Gasteiger partial charge is 0.306 e. The zero-order valence-electron chi connectivity index (χ0n) is 21.0. The fourth-order valence-corrected chi connectivity index (χ4v) is 8.54. The molecule has 0 spiro atoms. The zero-order chi connectivity index (χ0) is 24.3. The van der Waals surface area contributed by atoms with Crippen molar-refractivity contribution in [2.75, 3.05) is 6.61 Å². The van der Waals surface area contributed by atoms with Crippen molar-refractivity contribution in [3.8, 4) is 0 Å². The Labute approximate surface area is 203 Å². The van der Waals surface area contributed by atoms with E-state index in [0.717, 1.165) is 32.1 Å². The standard InChI is InChI=1S/C28H40O6/c1-5-6-7-24(31)34-28-13-11-21-20-9-8-18-14-19(33-23(28)16-32-17(2)29)10-12-26(18,3)25(20)22(30)15-27(21,28)4/h10,12,14,19-23,25,30H,5-9,11,13,15-16H2,1-4H3/t19?,20-,21-,22-,23?,25+,26-,27-,28-/m0/s1. The lowest BCUT2D eigenvalue weighted by molar-refractivity contribution is -0.235. The van der Waals surface area contributed by atoms with Crippen molar-refractivity contribution < 1.29 is 28.9 Å². The minimum absolute atomic E-state index is 0.0354. The van der Waals surface area contributed by atoms with Gasteiger partial charge in [-0.25, -0.2) is 0 Å². The van der Waals surface area contributed by atoms with Crippen molar-refractivity contribution in [1.29, 1.82) is 0 Å². The molecular weight excluding hydrogens is 432 g/mol. The lowest BCUT2D eigenvalue weighted by Crippen LogP contribution is -2.64. The summed E-state index contributed by atoms with van der Waals surface area (Å²) in [5.41, 5.74) is -0.250. The molecule has 5 aliphatic heterocycles. The van der Waals surface area contributed by atoms with Crippen molar-refractivity contribution in [1.82, 2.24) is 0 Å². The van der Waals surface area contributed by atoms with Crippen LogP contribution >= 0.6 is 0 Å². The van der Waals surface area contributed by atoms with Gasteiger partial charge in [-0.05, 0) is 50.4 Å². The van der Waals surface area contributed by atoms with E-state index in [0.29, 0.717) is 31.1 Å². The quantitative estimate of drug-likeness (QED) is 0.453. The van der Waals surface area contributed by atoms with E-state index in [2.05, 4.69) is 39.0 Å². The molecule has 0 saturated heterocycles. The van der Waals surface area contributed by atoms with Crippen LogP contribution in [0.2, 0.25) is 0 Å². The molecule has 6 nitrogen and oxygen atoms in total. The van der Waals surface area contributed by atoms with Crippen LogP contribution in [-0.4, -0.2) is 47.6 Å². The molecular formula is C28H40O6. The monoisotopic (exact) mass is 472 g/mol. The second-order valence-corrected chi connectivity index (χ2v) is 11.8. The predicted molar refractivity (Wildman–Crippen MR) is 127 cm³/mol. The number of esters is 2. The molecule has 0 radical (unpaired) electrons. The molecule has 6 heteroatoms. The Balaban J connectivity index is 1.65. The summed E-state index contributed by atoms with van der Waals surface area (Å²) < 4.78 is 18.7. The summed E-state index contributed by atoms with van der Waals surface area (Å²) in [5, 5.41) is 11.7. The first-order chi connectivity index (χ1) is 16.1. The first kappa shape index (κ1) is 24.1. The molecule has 3 saturated carbocycles. The van der Waals surface area contributed by atoms with Crippen molar-refractivity contribution in [2.45, 2.75) is 103 Å². The van der Waals surface area contributed by atoms with E-state index >= 15 is 0 Å². The third kappa shape index (κ3) is 3.42. The Morgan fingerprint density at radius 1 is 1.26 bits per heavy atom. The van der Waals surface area contributed by atoms with Gasteiger partial charge in [0.05, 0.1) is 12.2 Å². The Morgan fingerprint density at radius 2 is 2.06 bits per heavy atom. The summed E-state index contributed by atoms with van der Waals surface area (Å²) in [6, 6.07) is 0. The topological polar surface area (TPSA) is 82.1 Å². The maximum Gasteiger partial charge on any atom is 0.306 e. The average Bonchev–Trinajstić information content (AvgIpc) is 3.05. The normalized spacial score (nSPS) is 46.2. The van der Waals surface area contributed by atoms with Crippen LogP contribution in [0.4, 0.5) is 0 Å². The summed E-state index contributed by atoms with van der Waals surface area (Å²) in [5.74, 6) is 0.215. The van der Waals surface area contributed by atoms with Gasteiger partial charge in [-0.3, -0.25) is 9.59 Å². The fraction of sp³-hybridized carbons (Fsp3) is 0.786. The van der Waals surface area contributed by atoms with Crippen LogP contribution in [0.25, 0.3) is 0 Å². The van der Waals surface area contributed by atoms with Crippen LogP contribution < -0.4 is 0 Å². The van der Waals surface area contributed by atoms with Crippen LogP contribution in [-0.2, 0) is 23.8 Å². The highest BCUT2D eigenvalue weighted by molar-refractivity contribution is 5.70. The highest BCUT2D eigenvalue weighted by atomic mass is 16.6. The molecule has 0 aromatic carbocycles. The lowest BCUT2D eigenvalue weighted by atomic mass is 9.46. The second kappa shape index (κ2) is 8.48. The highest BCUT2D eigenvalue weighted by Gasteiger charge is 2.71. The minimum atomic E-state index is -0.947. The van der Waals surface area contributed by atoms with Crippen molar-refractivity contribution >= 4 is 11.9 Å². The minimum Gasteiger partial charge on any atom is -0.463 e. The second-order valence-electron chi connectivity index (χ2n) is 11.8. The number of hydrogen-bond donors (Lipinski definition) is 1. The summed E-state index contributed by atoms with van der Waals surface area (Å²) in [7, 11) is 0. The molecule has 9 aliphatic rings. The first-order valence-corrected chi connectivity index (χ1v) is 13.2. The highest BCUT2D eigenvalue weighted by Crippen LogP contribution is 2.69. The van der Waals surface area contributed by atoms with Crippen molar-refractivity contribution in [2.24, 2.45) is 28.6 Å². The molecule has 9 rings (SSSR count). The molecule has 0 aromatic heterocycles. The number of carbonyl (C=O) groups is 2. The summed E-state index contributed by atoms with van der Waals surface area (Å²) in [4.78, 5) is 25.0. The maximum absolute atomic E-state index is 13.2. The lowest BCUT2D eigenvalue weighted by Gasteiger charge is -2.60. The van der Waals surface area contributed by atoms with Crippen LogP contribution in [0.1, 0.15) is 79.1 Å². The molecule has 3 fully saturated rings. The number of carbonyl (C=O) groups excluding carboxylic acids is 2. The van der Waals surface area contributed by atoms with Crippen LogP contribution in [0.5, 0.6) is 0 Å². The number of rotatable bonds is 6. The zero-order valence-corrected chi connectivity index (χ0v) is 21.0. The molecule has 1 N–H and O–H groups in total. The van der Waals surface area contributed by atoms with E-state index in [9.17, 15) is 14.7 Å². The summed E-state index contributed by atoms with van der Waals surface area (Å²) >= 11 is 0. The average molecular weight is 473 g/mol. The van der Waals surface area contributed by atoms with E-state index in [1.54, 1.807) is 0 Å².